The predicted octanol–water partition coefficient (Wildman–Crippen LogP) is 1.51. The van der Waals surface area contributed by atoms with Crippen LogP contribution in [0.1, 0.15) is 17.5 Å². The number of carbonyl (C=O) groups excluding carboxylic acids is 1. The van der Waals surface area contributed by atoms with Crippen molar-refractivity contribution in [3.8, 4) is 5.75 Å². The van der Waals surface area contributed by atoms with E-state index in [1.807, 2.05) is 6.92 Å². The molecule has 0 aliphatic carbocycles. The van der Waals surface area contributed by atoms with Crippen LogP contribution < -0.4 is 16.2 Å². The van der Waals surface area contributed by atoms with Crippen molar-refractivity contribution >= 4 is 22.6 Å². The molecule has 0 saturated carbocycles. The predicted molar refractivity (Wildman–Crippen MR) is 60.3 cm³/mol. The number of hydrogen-bond acceptors (Lipinski definition) is 4. The third-order valence-corrected chi connectivity index (χ3v) is 2.24. The van der Waals surface area contributed by atoms with Gasteiger partial charge in [0.25, 0.3) is 5.91 Å². The molecule has 0 fully saturated rings. The lowest BCUT2D eigenvalue weighted by Gasteiger charge is -2.01. The summed E-state index contributed by atoms with van der Waals surface area (Å²) in [5.41, 5.74) is 11.6. The fourth-order valence-electron chi connectivity index (χ4n) is 1.56. The van der Waals surface area contributed by atoms with E-state index in [1.54, 1.807) is 18.2 Å². The zero-order valence-corrected chi connectivity index (χ0v) is 8.82. The minimum atomic E-state index is -0.684. The monoisotopic (exact) mass is 220 g/mol. The van der Waals surface area contributed by atoms with Crippen LogP contribution in [-0.2, 0) is 0 Å². The number of rotatable bonds is 3. The second kappa shape index (κ2) is 3.77. The lowest BCUT2D eigenvalue weighted by Crippen LogP contribution is -2.11. The number of fused-ring (bicyclic) bond motifs is 1. The van der Waals surface area contributed by atoms with E-state index in [-0.39, 0.29) is 11.4 Å². The normalized spacial score (nSPS) is 10.6. The van der Waals surface area contributed by atoms with Crippen molar-refractivity contribution in [1.29, 1.82) is 0 Å². The van der Waals surface area contributed by atoms with E-state index < -0.39 is 5.91 Å². The number of benzene rings is 1. The van der Waals surface area contributed by atoms with Gasteiger partial charge in [-0.3, -0.25) is 4.79 Å². The molecule has 1 aromatic carbocycles. The maximum atomic E-state index is 11.1. The molecule has 1 aromatic heterocycles. The van der Waals surface area contributed by atoms with Gasteiger partial charge in [-0.2, -0.15) is 0 Å². The standard InChI is InChI=1S/C11H12N2O3/c1-2-15-7-5-3-4-6-8(12)10(11(13)14)16-9(6)7/h3-5H,2,12H2,1H3,(H2,13,14). The second-order valence-corrected chi connectivity index (χ2v) is 3.27. The fraction of sp³-hybridized carbons (Fsp3) is 0.182. The molecular formula is C11H12N2O3. The van der Waals surface area contributed by atoms with Crippen molar-refractivity contribution in [2.45, 2.75) is 6.92 Å². The molecule has 1 heterocycles. The molecule has 0 saturated heterocycles. The molecule has 5 nitrogen and oxygen atoms in total. The Morgan fingerprint density at radius 1 is 1.50 bits per heavy atom. The van der Waals surface area contributed by atoms with Gasteiger partial charge in [0.2, 0.25) is 5.76 Å². The molecule has 5 heteroatoms. The maximum Gasteiger partial charge on any atom is 0.286 e. The summed E-state index contributed by atoms with van der Waals surface area (Å²) in [6.07, 6.45) is 0. The lowest BCUT2D eigenvalue weighted by atomic mass is 10.2. The Kier molecular flexibility index (Phi) is 2.44. The molecule has 0 radical (unpaired) electrons. The second-order valence-electron chi connectivity index (χ2n) is 3.27. The van der Waals surface area contributed by atoms with Crippen molar-refractivity contribution in [3.63, 3.8) is 0 Å². The van der Waals surface area contributed by atoms with Gasteiger partial charge in [0, 0.05) is 5.39 Å². The Morgan fingerprint density at radius 2 is 2.25 bits per heavy atom. The average molecular weight is 220 g/mol. The Morgan fingerprint density at radius 3 is 2.88 bits per heavy atom. The van der Waals surface area contributed by atoms with Crippen LogP contribution in [0.5, 0.6) is 5.75 Å². The zero-order chi connectivity index (χ0) is 11.7. The summed E-state index contributed by atoms with van der Waals surface area (Å²) in [6.45, 7) is 2.37. The van der Waals surface area contributed by atoms with E-state index in [9.17, 15) is 4.79 Å². The first-order valence-corrected chi connectivity index (χ1v) is 4.88. The molecule has 84 valence electrons. The van der Waals surface area contributed by atoms with Crippen LogP contribution in [0, 0.1) is 0 Å². The molecule has 0 aliphatic rings. The highest BCUT2D eigenvalue weighted by atomic mass is 16.5. The van der Waals surface area contributed by atoms with Crippen LogP contribution in [0.2, 0.25) is 0 Å². The minimum Gasteiger partial charge on any atom is -0.490 e. The first kappa shape index (κ1) is 10.4. The van der Waals surface area contributed by atoms with Gasteiger partial charge in [-0.15, -0.1) is 0 Å². The Balaban J connectivity index is 2.70. The number of carbonyl (C=O) groups is 1. The van der Waals surface area contributed by atoms with Crippen LogP contribution in [0.3, 0.4) is 0 Å². The molecule has 1 amide bonds. The molecule has 0 spiro atoms. The average Bonchev–Trinajstić information content (AvgIpc) is 2.58. The first-order valence-electron chi connectivity index (χ1n) is 4.88. The third-order valence-electron chi connectivity index (χ3n) is 2.24. The number of nitrogen functional groups attached to an aromatic ring is 1. The Hall–Kier alpha value is -2.17. The fourth-order valence-corrected chi connectivity index (χ4v) is 1.56. The van der Waals surface area contributed by atoms with E-state index in [2.05, 4.69) is 0 Å². The van der Waals surface area contributed by atoms with Crippen molar-refractivity contribution < 1.29 is 13.9 Å². The highest BCUT2D eigenvalue weighted by molar-refractivity contribution is 6.06. The van der Waals surface area contributed by atoms with Gasteiger partial charge < -0.3 is 20.6 Å². The molecule has 4 N–H and O–H groups in total. The molecule has 0 bridgehead atoms. The van der Waals surface area contributed by atoms with E-state index >= 15 is 0 Å². The van der Waals surface area contributed by atoms with Gasteiger partial charge in [-0.05, 0) is 19.1 Å². The van der Waals surface area contributed by atoms with Crippen LogP contribution in [0.25, 0.3) is 11.0 Å². The lowest BCUT2D eigenvalue weighted by molar-refractivity contribution is 0.0977. The maximum absolute atomic E-state index is 11.1. The molecule has 2 rings (SSSR count). The van der Waals surface area contributed by atoms with Crippen molar-refractivity contribution in [2.75, 3.05) is 12.3 Å². The smallest absolute Gasteiger partial charge is 0.286 e. The summed E-state index contributed by atoms with van der Waals surface area (Å²) >= 11 is 0. The summed E-state index contributed by atoms with van der Waals surface area (Å²) in [4.78, 5) is 11.1. The van der Waals surface area contributed by atoms with Crippen LogP contribution in [-0.4, -0.2) is 12.5 Å². The third kappa shape index (κ3) is 1.46. The van der Waals surface area contributed by atoms with Crippen LogP contribution in [0.15, 0.2) is 22.6 Å². The van der Waals surface area contributed by atoms with Gasteiger partial charge in [0.05, 0.1) is 12.3 Å². The number of para-hydroxylation sites is 1. The van der Waals surface area contributed by atoms with E-state index in [4.69, 9.17) is 20.6 Å². The summed E-state index contributed by atoms with van der Waals surface area (Å²) < 4.78 is 10.7. The van der Waals surface area contributed by atoms with Gasteiger partial charge in [-0.25, -0.2) is 0 Å². The molecular weight excluding hydrogens is 208 g/mol. The number of ether oxygens (including phenoxy) is 1. The Labute approximate surface area is 92.0 Å². The first-order chi connectivity index (χ1) is 7.65. The number of amides is 1. The highest BCUT2D eigenvalue weighted by Crippen LogP contribution is 2.34. The van der Waals surface area contributed by atoms with Crippen LogP contribution in [0.4, 0.5) is 5.69 Å². The number of primary amides is 1. The summed E-state index contributed by atoms with van der Waals surface area (Å²) in [6, 6.07) is 5.28. The van der Waals surface area contributed by atoms with Crippen molar-refractivity contribution in [1.82, 2.24) is 0 Å². The molecule has 0 atom stereocenters. The minimum absolute atomic E-state index is 0.0258. The molecule has 0 unspecified atom stereocenters. The molecule has 0 aliphatic heterocycles. The zero-order valence-electron chi connectivity index (χ0n) is 8.82. The number of anilines is 1. The van der Waals surface area contributed by atoms with E-state index in [0.717, 1.165) is 0 Å². The largest absolute Gasteiger partial charge is 0.490 e. The van der Waals surface area contributed by atoms with Crippen LogP contribution >= 0.6 is 0 Å². The van der Waals surface area contributed by atoms with Crippen molar-refractivity contribution in [2.24, 2.45) is 5.73 Å². The summed E-state index contributed by atoms with van der Waals surface area (Å²) in [7, 11) is 0. The highest BCUT2D eigenvalue weighted by Gasteiger charge is 2.18. The van der Waals surface area contributed by atoms with Crippen molar-refractivity contribution in [3.05, 3.63) is 24.0 Å². The van der Waals surface area contributed by atoms with Gasteiger partial charge in [-0.1, -0.05) is 6.07 Å². The Bertz CT molecular complexity index is 545. The topological polar surface area (TPSA) is 91.5 Å². The van der Waals surface area contributed by atoms with Gasteiger partial charge in [0.1, 0.15) is 0 Å². The summed E-state index contributed by atoms with van der Waals surface area (Å²) in [5, 5.41) is 0.639. The van der Waals surface area contributed by atoms with E-state index in [1.165, 1.54) is 0 Å². The number of furan rings is 1. The molecule has 16 heavy (non-hydrogen) atoms. The van der Waals surface area contributed by atoms with Gasteiger partial charge >= 0.3 is 0 Å². The van der Waals surface area contributed by atoms with Gasteiger partial charge in [0.15, 0.2) is 11.3 Å². The number of nitrogens with two attached hydrogens (primary N) is 2. The quantitative estimate of drug-likeness (QED) is 0.820. The SMILES string of the molecule is CCOc1cccc2c(N)c(C(N)=O)oc12. The van der Waals surface area contributed by atoms with E-state index in [0.29, 0.717) is 23.3 Å². The summed E-state index contributed by atoms with van der Waals surface area (Å²) in [5.74, 6) is -0.155. The number of hydrogen-bond donors (Lipinski definition) is 2. The molecule has 2 aromatic rings.